The number of carbonyl (C=O) groups is 1. The van der Waals surface area contributed by atoms with Gasteiger partial charge in [0, 0.05) is 20.1 Å². The summed E-state index contributed by atoms with van der Waals surface area (Å²) in [5.74, 6) is -5.50. The third kappa shape index (κ3) is 2.49. The second-order valence-corrected chi connectivity index (χ2v) is 5.58. The summed E-state index contributed by atoms with van der Waals surface area (Å²) in [4.78, 5) is 16.4. The number of imidazole rings is 1. The molecule has 0 radical (unpaired) electrons. The molecule has 0 saturated carbocycles. The third-order valence-electron chi connectivity index (χ3n) is 4.18. The predicted octanol–water partition coefficient (Wildman–Crippen LogP) is 2.41. The first-order valence-electron chi connectivity index (χ1n) is 6.85. The van der Waals surface area contributed by atoms with E-state index in [-0.39, 0.29) is 18.0 Å². The first-order chi connectivity index (χ1) is 10.7. The highest BCUT2D eigenvalue weighted by atomic mass is 19.4. The summed E-state index contributed by atoms with van der Waals surface area (Å²) in [5, 5.41) is 9.05. The number of carboxylic acids is 1. The Morgan fingerprint density at radius 3 is 2.57 bits per heavy atom. The van der Waals surface area contributed by atoms with Crippen molar-refractivity contribution in [1.29, 1.82) is 0 Å². The van der Waals surface area contributed by atoms with Gasteiger partial charge in [-0.2, -0.15) is 13.2 Å². The van der Waals surface area contributed by atoms with Crippen LogP contribution in [0.2, 0.25) is 0 Å². The van der Waals surface area contributed by atoms with Crippen LogP contribution in [-0.4, -0.2) is 39.9 Å². The van der Waals surface area contributed by atoms with Gasteiger partial charge in [0.05, 0.1) is 17.4 Å². The number of aryl methyl sites for hydroxylation is 1. The van der Waals surface area contributed by atoms with E-state index in [4.69, 9.17) is 5.11 Å². The average Bonchev–Trinajstić information content (AvgIpc) is 3.02. The van der Waals surface area contributed by atoms with Crippen molar-refractivity contribution in [2.24, 2.45) is 18.9 Å². The van der Waals surface area contributed by atoms with E-state index in [1.165, 1.54) is 21.6 Å². The number of benzene rings is 1. The van der Waals surface area contributed by atoms with Gasteiger partial charge in [-0.25, -0.2) is 9.37 Å². The van der Waals surface area contributed by atoms with E-state index < -0.39 is 36.3 Å². The Morgan fingerprint density at radius 2 is 2.04 bits per heavy atom. The maximum atomic E-state index is 13.8. The molecule has 0 bridgehead atoms. The molecule has 1 aromatic heterocycles. The first kappa shape index (κ1) is 15.6. The molecule has 0 spiro atoms. The number of hydrogen-bond acceptors (Lipinski definition) is 3. The van der Waals surface area contributed by atoms with Gasteiger partial charge in [-0.05, 0) is 12.1 Å². The molecular weight excluding hydrogens is 318 g/mol. The summed E-state index contributed by atoms with van der Waals surface area (Å²) in [6.07, 6.45) is -4.62. The molecule has 1 aliphatic heterocycles. The lowest BCUT2D eigenvalue weighted by molar-refractivity contribution is -0.187. The summed E-state index contributed by atoms with van der Waals surface area (Å²) >= 11 is 0. The average molecular weight is 331 g/mol. The van der Waals surface area contributed by atoms with Crippen LogP contribution in [0.4, 0.5) is 23.5 Å². The smallest absolute Gasteiger partial charge is 0.394 e. The van der Waals surface area contributed by atoms with Crippen LogP contribution < -0.4 is 4.90 Å². The van der Waals surface area contributed by atoms with E-state index in [2.05, 4.69) is 4.98 Å². The molecule has 1 saturated heterocycles. The molecule has 0 amide bonds. The molecule has 0 unspecified atom stereocenters. The van der Waals surface area contributed by atoms with E-state index in [1.807, 2.05) is 0 Å². The van der Waals surface area contributed by atoms with Crippen LogP contribution in [0.15, 0.2) is 18.2 Å². The van der Waals surface area contributed by atoms with Crippen molar-refractivity contribution < 1.29 is 27.5 Å². The van der Waals surface area contributed by atoms with Crippen LogP contribution in [-0.2, 0) is 11.8 Å². The fourth-order valence-corrected chi connectivity index (χ4v) is 3.00. The predicted molar refractivity (Wildman–Crippen MR) is 73.6 cm³/mol. The summed E-state index contributed by atoms with van der Waals surface area (Å²) in [5.41, 5.74) is 0.481. The zero-order chi connectivity index (χ0) is 16.9. The molecule has 1 aliphatic rings. The lowest BCUT2D eigenvalue weighted by atomic mass is 9.96. The number of carboxylic acid groups (broad SMARTS) is 1. The summed E-state index contributed by atoms with van der Waals surface area (Å²) in [6, 6.07) is 4.29. The minimum absolute atomic E-state index is 0.0485. The number of aromatic nitrogens is 2. The molecular formula is C14H13F4N3O2. The zero-order valence-electron chi connectivity index (χ0n) is 12.0. The fourth-order valence-electron chi connectivity index (χ4n) is 3.00. The SMILES string of the molecule is Cn1c(N2C[C@@H](C(F)(F)F)[C@H](C(=O)O)C2)nc2c(F)cccc21. The molecule has 2 aromatic rings. The van der Waals surface area contributed by atoms with Crippen molar-refractivity contribution >= 4 is 23.0 Å². The largest absolute Gasteiger partial charge is 0.481 e. The number of hydrogen-bond donors (Lipinski definition) is 1. The van der Waals surface area contributed by atoms with Crippen LogP contribution >= 0.6 is 0 Å². The van der Waals surface area contributed by atoms with Crippen LogP contribution in [0.5, 0.6) is 0 Å². The van der Waals surface area contributed by atoms with Gasteiger partial charge < -0.3 is 14.6 Å². The topological polar surface area (TPSA) is 58.4 Å². The number of alkyl halides is 3. The Bertz CT molecular complexity index is 771. The highest BCUT2D eigenvalue weighted by molar-refractivity contribution is 5.80. The Morgan fingerprint density at radius 1 is 1.35 bits per heavy atom. The molecule has 1 N–H and O–H groups in total. The van der Waals surface area contributed by atoms with Gasteiger partial charge in [0.2, 0.25) is 5.95 Å². The fraction of sp³-hybridized carbons (Fsp3) is 0.429. The lowest BCUT2D eigenvalue weighted by Crippen LogP contribution is -2.33. The molecule has 2 atom stereocenters. The minimum Gasteiger partial charge on any atom is -0.481 e. The molecule has 9 heteroatoms. The highest BCUT2D eigenvalue weighted by Crippen LogP contribution is 2.39. The summed E-state index contributed by atoms with van der Waals surface area (Å²) in [6.45, 7) is -0.836. The Labute approximate surface area is 128 Å². The van der Waals surface area contributed by atoms with E-state index >= 15 is 0 Å². The standard InChI is InChI=1S/C14H13F4N3O2/c1-20-10-4-2-3-9(15)11(10)19-13(20)21-5-7(12(22)23)8(6-21)14(16,17)18/h2-4,7-8H,5-6H2,1H3,(H,22,23)/t7-,8-/m1/s1. The number of anilines is 1. The van der Waals surface area contributed by atoms with Gasteiger partial charge in [0.25, 0.3) is 0 Å². The van der Waals surface area contributed by atoms with Crippen LogP contribution in [0.25, 0.3) is 11.0 Å². The van der Waals surface area contributed by atoms with Crippen LogP contribution in [0.1, 0.15) is 0 Å². The number of para-hydroxylation sites is 1. The Balaban J connectivity index is 2.02. The van der Waals surface area contributed by atoms with Crippen molar-refractivity contribution in [3.63, 3.8) is 0 Å². The van der Waals surface area contributed by atoms with Crippen molar-refractivity contribution in [1.82, 2.24) is 9.55 Å². The van der Waals surface area contributed by atoms with Gasteiger partial charge in [0.1, 0.15) is 5.52 Å². The molecule has 1 aromatic carbocycles. The van der Waals surface area contributed by atoms with Crippen LogP contribution in [0.3, 0.4) is 0 Å². The molecule has 1 fully saturated rings. The molecule has 124 valence electrons. The number of aliphatic carboxylic acids is 1. The quantitative estimate of drug-likeness (QED) is 0.859. The maximum Gasteiger partial charge on any atom is 0.394 e. The minimum atomic E-state index is -4.62. The van der Waals surface area contributed by atoms with E-state index in [1.54, 1.807) is 13.1 Å². The number of fused-ring (bicyclic) bond motifs is 1. The second-order valence-electron chi connectivity index (χ2n) is 5.58. The monoisotopic (exact) mass is 331 g/mol. The molecule has 3 rings (SSSR count). The van der Waals surface area contributed by atoms with Crippen LogP contribution in [0, 0.1) is 17.7 Å². The lowest BCUT2D eigenvalue weighted by Gasteiger charge is -2.18. The maximum absolute atomic E-state index is 13.8. The molecule has 2 heterocycles. The normalized spacial score (nSPS) is 22.0. The summed E-state index contributed by atoms with van der Waals surface area (Å²) in [7, 11) is 1.56. The zero-order valence-corrected chi connectivity index (χ0v) is 12.0. The number of nitrogens with zero attached hydrogens (tertiary/aromatic N) is 3. The van der Waals surface area contributed by atoms with Gasteiger partial charge in [0.15, 0.2) is 5.82 Å². The van der Waals surface area contributed by atoms with Crippen molar-refractivity contribution in [3.8, 4) is 0 Å². The Kier molecular flexibility index (Phi) is 3.46. The molecule has 5 nitrogen and oxygen atoms in total. The van der Waals surface area contributed by atoms with Gasteiger partial charge >= 0.3 is 12.1 Å². The van der Waals surface area contributed by atoms with Crippen molar-refractivity contribution in [3.05, 3.63) is 24.0 Å². The number of rotatable bonds is 2. The van der Waals surface area contributed by atoms with Gasteiger partial charge in [-0.1, -0.05) is 6.07 Å². The van der Waals surface area contributed by atoms with E-state index in [0.29, 0.717) is 5.52 Å². The van der Waals surface area contributed by atoms with Gasteiger partial charge in [-0.15, -0.1) is 0 Å². The van der Waals surface area contributed by atoms with Gasteiger partial charge in [-0.3, -0.25) is 4.79 Å². The summed E-state index contributed by atoms with van der Waals surface area (Å²) < 4.78 is 54.4. The Hall–Kier alpha value is -2.32. The van der Waals surface area contributed by atoms with E-state index in [9.17, 15) is 22.4 Å². The second kappa shape index (κ2) is 5.10. The van der Waals surface area contributed by atoms with Crippen molar-refractivity contribution in [2.45, 2.75) is 6.18 Å². The first-order valence-corrected chi connectivity index (χ1v) is 6.85. The number of halogens is 4. The highest BCUT2D eigenvalue weighted by Gasteiger charge is 2.53. The molecule has 0 aliphatic carbocycles. The molecule has 23 heavy (non-hydrogen) atoms. The van der Waals surface area contributed by atoms with Crippen molar-refractivity contribution in [2.75, 3.05) is 18.0 Å². The van der Waals surface area contributed by atoms with E-state index in [0.717, 1.165) is 0 Å². The third-order valence-corrected chi connectivity index (χ3v) is 4.18.